The van der Waals surface area contributed by atoms with Gasteiger partial charge in [0.1, 0.15) is 5.75 Å². The van der Waals surface area contributed by atoms with Gasteiger partial charge in [-0.05, 0) is 36.2 Å². The molecule has 2 aromatic carbocycles. The summed E-state index contributed by atoms with van der Waals surface area (Å²) in [7, 11) is -3.38. The maximum absolute atomic E-state index is 12.0. The molecule has 0 aliphatic heterocycles. The molecule has 0 saturated heterocycles. The molecule has 0 radical (unpaired) electrons. The van der Waals surface area contributed by atoms with Crippen LogP contribution >= 0.6 is 11.8 Å². The molecule has 1 N–H and O–H groups in total. The third-order valence-corrected chi connectivity index (χ3v) is 5.91. The molecule has 0 aliphatic rings. The van der Waals surface area contributed by atoms with E-state index in [4.69, 9.17) is 0 Å². The van der Waals surface area contributed by atoms with E-state index < -0.39 is 21.5 Å². The highest BCUT2D eigenvalue weighted by Crippen LogP contribution is 2.29. The van der Waals surface area contributed by atoms with Crippen LogP contribution in [0.3, 0.4) is 0 Å². The molecule has 0 saturated carbocycles. The molecule has 0 spiro atoms. The molecular formula is C18H21NO3S2. The van der Waals surface area contributed by atoms with Gasteiger partial charge in [0.05, 0.1) is 5.75 Å². The second kappa shape index (κ2) is 8.35. The Morgan fingerprint density at radius 3 is 2.38 bits per heavy atom. The van der Waals surface area contributed by atoms with Gasteiger partial charge in [0.25, 0.3) is 0 Å². The first-order chi connectivity index (χ1) is 11.3. The van der Waals surface area contributed by atoms with E-state index in [2.05, 4.69) is 5.32 Å². The largest absolute Gasteiger partial charge is 0.325 e. The van der Waals surface area contributed by atoms with E-state index in [1.54, 1.807) is 17.8 Å². The summed E-state index contributed by atoms with van der Waals surface area (Å²) in [6, 6.07) is 17.3. The second-order valence-corrected chi connectivity index (χ2v) is 9.20. The molecular weight excluding hydrogens is 342 g/mol. The van der Waals surface area contributed by atoms with Crippen LogP contribution in [0.25, 0.3) is 0 Å². The van der Waals surface area contributed by atoms with Crippen molar-refractivity contribution in [1.82, 2.24) is 0 Å². The average Bonchev–Trinajstić information content (AvgIpc) is 2.46. The number of anilines is 1. The Morgan fingerprint density at radius 2 is 1.71 bits per heavy atom. The van der Waals surface area contributed by atoms with E-state index in [-0.39, 0.29) is 11.7 Å². The monoisotopic (exact) mass is 363 g/mol. The van der Waals surface area contributed by atoms with Crippen LogP contribution in [0.1, 0.15) is 13.8 Å². The molecule has 0 aliphatic carbocycles. The van der Waals surface area contributed by atoms with Crippen molar-refractivity contribution in [3.63, 3.8) is 0 Å². The van der Waals surface area contributed by atoms with Gasteiger partial charge in [-0.2, -0.15) is 0 Å². The molecule has 24 heavy (non-hydrogen) atoms. The molecule has 0 fully saturated rings. The summed E-state index contributed by atoms with van der Waals surface area (Å²) in [6.45, 7) is 3.64. The van der Waals surface area contributed by atoms with E-state index in [0.29, 0.717) is 5.69 Å². The smallest absolute Gasteiger partial charge is 0.239 e. The van der Waals surface area contributed by atoms with Crippen molar-refractivity contribution in [3.05, 3.63) is 54.6 Å². The van der Waals surface area contributed by atoms with Crippen LogP contribution in [0.2, 0.25) is 0 Å². The highest BCUT2D eigenvalue weighted by molar-refractivity contribution is 7.99. The van der Waals surface area contributed by atoms with Crippen LogP contribution in [-0.4, -0.2) is 25.8 Å². The summed E-state index contributed by atoms with van der Waals surface area (Å²) in [5.74, 6) is -0.961. The molecule has 0 aromatic heterocycles. The zero-order chi connectivity index (χ0) is 17.6. The molecule has 0 bridgehead atoms. The maximum atomic E-state index is 12.0. The fourth-order valence-electron chi connectivity index (χ4n) is 2.23. The molecule has 0 heterocycles. The highest BCUT2D eigenvalue weighted by Gasteiger charge is 2.18. The number of hydrogen-bond acceptors (Lipinski definition) is 4. The number of carbonyl (C=O) groups is 1. The van der Waals surface area contributed by atoms with E-state index in [9.17, 15) is 13.2 Å². The van der Waals surface area contributed by atoms with Crippen molar-refractivity contribution in [3.8, 4) is 0 Å². The van der Waals surface area contributed by atoms with Gasteiger partial charge in [0.2, 0.25) is 5.91 Å². The molecule has 2 rings (SSSR count). The standard InChI is InChI=1S/C18H21NO3S2/c1-14(2)12-24(21,22)13-18(20)19-15-7-6-10-17(11-15)23-16-8-4-3-5-9-16/h3-11,14H,12-13H2,1-2H3,(H,19,20). The van der Waals surface area contributed by atoms with Crippen LogP contribution in [0.5, 0.6) is 0 Å². The van der Waals surface area contributed by atoms with Crippen molar-refractivity contribution in [2.24, 2.45) is 5.92 Å². The van der Waals surface area contributed by atoms with Gasteiger partial charge in [-0.25, -0.2) is 8.42 Å². The molecule has 0 atom stereocenters. The minimum atomic E-state index is -3.38. The van der Waals surface area contributed by atoms with Crippen LogP contribution in [0.4, 0.5) is 5.69 Å². The quantitative estimate of drug-likeness (QED) is 0.812. The van der Waals surface area contributed by atoms with Crippen molar-refractivity contribution < 1.29 is 13.2 Å². The van der Waals surface area contributed by atoms with Crippen LogP contribution < -0.4 is 5.32 Å². The van der Waals surface area contributed by atoms with Crippen molar-refractivity contribution in [1.29, 1.82) is 0 Å². The summed E-state index contributed by atoms with van der Waals surface area (Å²) in [5, 5.41) is 2.67. The number of amides is 1. The third kappa shape index (κ3) is 6.37. The number of sulfone groups is 1. The Hall–Kier alpha value is -1.79. The predicted octanol–water partition coefficient (Wildman–Crippen LogP) is 3.85. The lowest BCUT2D eigenvalue weighted by Crippen LogP contribution is -2.26. The van der Waals surface area contributed by atoms with Gasteiger partial charge in [-0.15, -0.1) is 0 Å². The number of carbonyl (C=O) groups excluding carboxylic acids is 1. The molecule has 6 heteroatoms. The SMILES string of the molecule is CC(C)CS(=O)(=O)CC(=O)Nc1cccc(Sc2ccccc2)c1. The Bertz CT molecular complexity index is 787. The van der Waals surface area contributed by atoms with Crippen LogP contribution in [-0.2, 0) is 14.6 Å². The summed E-state index contributed by atoms with van der Waals surface area (Å²) in [6.07, 6.45) is 0. The Kier molecular flexibility index (Phi) is 6.45. The fourth-order valence-corrected chi connectivity index (χ4v) is 4.73. The van der Waals surface area contributed by atoms with Gasteiger partial charge in [-0.1, -0.05) is 49.9 Å². The summed E-state index contributed by atoms with van der Waals surface area (Å²) in [5.41, 5.74) is 0.598. The first-order valence-corrected chi connectivity index (χ1v) is 10.3. The lowest BCUT2D eigenvalue weighted by atomic mass is 10.3. The first kappa shape index (κ1) is 18.5. The van der Waals surface area contributed by atoms with Gasteiger partial charge < -0.3 is 5.32 Å². The Morgan fingerprint density at radius 1 is 1.04 bits per heavy atom. The number of rotatable bonds is 7. The zero-order valence-corrected chi connectivity index (χ0v) is 15.4. The predicted molar refractivity (Wildman–Crippen MR) is 99.1 cm³/mol. The Labute approximate surface area is 147 Å². The summed E-state index contributed by atoms with van der Waals surface area (Å²) >= 11 is 1.58. The van der Waals surface area contributed by atoms with Gasteiger partial charge in [0.15, 0.2) is 9.84 Å². The van der Waals surface area contributed by atoms with E-state index in [1.165, 1.54) is 0 Å². The normalized spacial score (nSPS) is 11.5. The van der Waals surface area contributed by atoms with Crippen molar-refractivity contribution in [2.75, 3.05) is 16.8 Å². The average molecular weight is 364 g/mol. The van der Waals surface area contributed by atoms with Crippen molar-refractivity contribution >= 4 is 33.2 Å². The zero-order valence-electron chi connectivity index (χ0n) is 13.7. The van der Waals surface area contributed by atoms with Gasteiger partial charge in [0, 0.05) is 15.5 Å². The lowest BCUT2D eigenvalue weighted by Gasteiger charge is -2.09. The summed E-state index contributed by atoms with van der Waals surface area (Å²) < 4.78 is 23.8. The molecule has 128 valence electrons. The minimum absolute atomic E-state index is 0.00778. The summed E-state index contributed by atoms with van der Waals surface area (Å²) in [4.78, 5) is 14.1. The third-order valence-electron chi connectivity index (χ3n) is 3.03. The minimum Gasteiger partial charge on any atom is -0.325 e. The topological polar surface area (TPSA) is 63.2 Å². The number of nitrogens with one attached hydrogen (secondary N) is 1. The van der Waals surface area contributed by atoms with Crippen molar-refractivity contribution in [2.45, 2.75) is 23.6 Å². The number of benzene rings is 2. The van der Waals surface area contributed by atoms with E-state index in [1.807, 2.05) is 62.4 Å². The fraction of sp³-hybridized carbons (Fsp3) is 0.278. The molecule has 2 aromatic rings. The van der Waals surface area contributed by atoms with Crippen LogP contribution in [0.15, 0.2) is 64.4 Å². The Balaban J connectivity index is 2.00. The van der Waals surface area contributed by atoms with Gasteiger partial charge in [-0.3, -0.25) is 4.79 Å². The van der Waals surface area contributed by atoms with E-state index in [0.717, 1.165) is 9.79 Å². The van der Waals surface area contributed by atoms with Crippen LogP contribution in [0, 0.1) is 5.92 Å². The molecule has 0 unspecified atom stereocenters. The first-order valence-electron chi connectivity index (χ1n) is 7.67. The second-order valence-electron chi connectivity index (χ2n) is 5.94. The highest BCUT2D eigenvalue weighted by atomic mass is 32.2. The number of hydrogen-bond donors (Lipinski definition) is 1. The van der Waals surface area contributed by atoms with Gasteiger partial charge >= 0.3 is 0 Å². The van der Waals surface area contributed by atoms with E-state index >= 15 is 0 Å². The molecule has 1 amide bonds. The maximum Gasteiger partial charge on any atom is 0.239 e. The lowest BCUT2D eigenvalue weighted by molar-refractivity contribution is -0.113. The molecule has 4 nitrogen and oxygen atoms in total.